The van der Waals surface area contributed by atoms with E-state index in [4.69, 9.17) is 4.74 Å². The molecule has 0 saturated carbocycles. The van der Waals surface area contributed by atoms with Crippen LogP contribution in [-0.4, -0.2) is 17.6 Å². The monoisotopic (exact) mass is 369 g/mol. The zero-order valence-electron chi connectivity index (χ0n) is 14.8. The number of esters is 1. The van der Waals surface area contributed by atoms with E-state index >= 15 is 0 Å². The minimum atomic E-state index is -0.423. The van der Waals surface area contributed by atoms with Gasteiger partial charge in [0.1, 0.15) is 10.8 Å². The van der Waals surface area contributed by atoms with Gasteiger partial charge in [0.05, 0.1) is 22.4 Å². The van der Waals surface area contributed by atoms with E-state index in [9.17, 15) is 9.18 Å². The van der Waals surface area contributed by atoms with Gasteiger partial charge in [-0.2, -0.15) is 0 Å². The average molecular weight is 369 g/mol. The van der Waals surface area contributed by atoms with E-state index in [2.05, 4.69) is 4.98 Å². The first kappa shape index (κ1) is 18.3. The normalized spacial score (nSPS) is 11.3. The molecule has 2 aromatic carbocycles. The Balaban J connectivity index is 1.93. The van der Waals surface area contributed by atoms with Crippen molar-refractivity contribution in [2.24, 2.45) is 0 Å². The summed E-state index contributed by atoms with van der Waals surface area (Å²) in [5, 5.41) is 0.600. The lowest BCUT2D eigenvalue weighted by Gasteiger charge is -2.04. The fourth-order valence-corrected chi connectivity index (χ4v) is 3.59. The van der Waals surface area contributed by atoms with Gasteiger partial charge >= 0.3 is 5.97 Å². The van der Waals surface area contributed by atoms with E-state index in [0.717, 1.165) is 28.6 Å². The zero-order valence-corrected chi connectivity index (χ0v) is 15.6. The predicted molar refractivity (Wildman–Crippen MR) is 105 cm³/mol. The fraction of sp³-hybridized carbons (Fsp3) is 0.238. The van der Waals surface area contributed by atoms with Crippen molar-refractivity contribution >= 4 is 33.6 Å². The maximum Gasteiger partial charge on any atom is 0.330 e. The first-order valence-electron chi connectivity index (χ1n) is 8.59. The molecule has 0 spiro atoms. The van der Waals surface area contributed by atoms with Gasteiger partial charge in [0.15, 0.2) is 0 Å². The Morgan fingerprint density at radius 2 is 2.15 bits per heavy atom. The lowest BCUT2D eigenvalue weighted by atomic mass is 10.1. The minimum absolute atomic E-state index is 0.359. The largest absolute Gasteiger partial charge is 0.463 e. The fourth-order valence-electron chi connectivity index (χ4n) is 2.57. The number of carbonyl (C=O) groups is 1. The summed E-state index contributed by atoms with van der Waals surface area (Å²) in [5.74, 6) is -0.782. The van der Waals surface area contributed by atoms with Crippen molar-refractivity contribution in [1.82, 2.24) is 4.98 Å². The van der Waals surface area contributed by atoms with E-state index in [0.29, 0.717) is 22.7 Å². The van der Waals surface area contributed by atoms with Crippen LogP contribution in [0.1, 0.15) is 30.9 Å². The Hall–Kier alpha value is -2.53. The maximum absolute atomic E-state index is 14.5. The van der Waals surface area contributed by atoms with Gasteiger partial charge in [-0.15, -0.1) is 11.3 Å². The number of halogens is 1. The van der Waals surface area contributed by atoms with E-state index < -0.39 is 5.97 Å². The van der Waals surface area contributed by atoms with Crippen LogP contribution in [0.5, 0.6) is 0 Å². The van der Waals surface area contributed by atoms with Gasteiger partial charge in [-0.3, -0.25) is 0 Å². The van der Waals surface area contributed by atoms with Crippen molar-refractivity contribution in [2.45, 2.75) is 26.7 Å². The molecule has 0 saturated heterocycles. The molecule has 1 heterocycles. The van der Waals surface area contributed by atoms with Crippen molar-refractivity contribution in [3.63, 3.8) is 0 Å². The molecule has 5 heteroatoms. The number of rotatable bonds is 6. The summed E-state index contributed by atoms with van der Waals surface area (Å²) in [7, 11) is 0. The SMILES string of the molecule is CCCCOC(=O)/C=C/c1cccc(F)c1-c1nc2cc(C)ccc2s1. The van der Waals surface area contributed by atoms with Gasteiger partial charge in [-0.1, -0.05) is 31.5 Å². The van der Waals surface area contributed by atoms with Crippen LogP contribution in [0.15, 0.2) is 42.5 Å². The third-order valence-corrected chi connectivity index (χ3v) is 5.00. The second kappa shape index (κ2) is 8.23. The number of unbranched alkanes of at least 4 members (excludes halogenated alkanes) is 1. The lowest BCUT2D eigenvalue weighted by molar-refractivity contribution is -0.137. The van der Waals surface area contributed by atoms with E-state index in [1.165, 1.54) is 23.5 Å². The topological polar surface area (TPSA) is 39.2 Å². The molecule has 0 aliphatic carbocycles. The van der Waals surface area contributed by atoms with Gasteiger partial charge in [-0.05, 0) is 48.7 Å². The number of fused-ring (bicyclic) bond motifs is 1. The molecule has 0 aliphatic rings. The van der Waals surface area contributed by atoms with Gasteiger partial charge in [-0.25, -0.2) is 14.2 Å². The molecule has 0 radical (unpaired) electrons. The Bertz CT molecular complexity index is 962. The van der Waals surface area contributed by atoms with Crippen LogP contribution in [0, 0.1) is 12.7 Å². The van der Waals surface area contributed by atoms with Crippen molar-refractivity contribution in [3.05, 3.63) is 59.4 Å². The highest BCUT2D eigenvalue weighted by Gasteiger charge is 2.14. The molecule has 0 bridgehead atoms. The quantitative estimate of drug-likeness (QED) is 0.315. The average Bonchev–Trinajstić information content (AvgIpc) is 3.02. The minimum Gasteiger partial charge on any atom is -0.463 e. The van der Waals surface area contributed by atoms with E-state index in [-0.39, 0.29) is 5.82 Å². The van der Waals surface area contributed by atoms with Gasteiger partial charge in [0.25, 0.3) is 0 Å². The third-order valence-electron chi connectivity index (χ3n) is 3.94. The van der Waals surface area contributed by atoms with Crippen molar-refractivity contribution < 1.29 is 13.9 Å². The maximum atomic E-state index is 14.5. The summed E-state index contributed by atoms with van der Waals surface area (Å²) < 4.78 is 20.6. The Morgan fingerprint density at radius 1 is 1.31 bits per heavy atom. The van der Waals surface area contributed by atoms with Gasteiger partial charge in [0, 0.05) is 6.08 Å². The first-order chi connectivity index (χ1) is 12.6. The third kappa shape index (κ3) is 4.17. The molecule has 0 fully saturated rings. The van der Waals surface area contributed by atoms with E-state index in [1.54, 1.807) is 18.2 Å². The standard InChI is InChI=1S/C21H20FNO2S/c1-3-4-12-25-19(24)11-9-15-6-5-7-16(22)20(15)21-23-17-13-14(2)8-10-18(17)26-21/h5-11,13H,3-4,12H2,1-2H3/b11-9+. The Kier molecular flexibility index (Phi) is 5.78. The molecular formula is C21H20FNO2S. The van der Waals surface area contributed by atoms with Crippen molar-refractivity contribution in [3.8, 4) is 10.6 Å². The highest BCUT2D eigenvalue weighted by Crippen LogP contribution is 2.34. The number of carbonyl (C=O) groups excluding carboxylic acids is 1. The number of aromatic nitrogens is 1. The molecule has 3 rings (SSSR count). The highest BCUT2D eigenvalue weighted by molar-refractivity contribution is 7.21. The molecule has 0 amide bonds. The summed E-state index contributed by atoms with van der Waals surface area (Å²) in [6, 6.07) is 10.8. The number of ether oxygens (including phenoxy) is 1. The second-order valence-electron chi connectivity index (χ2n) is 6.05. The van der Waals surface area contributed by atoms with Crippen molar-refractivity contribution in [1.29, 1.82) is 0 Å². The Labute approximate surface area is 156 Å². The van der Waals surface area contributed by atoms with Crippen LogP contribution < -0.4 is 0 Å². The number of benzene rings is 2. The molecule has 1 aromatic heterocycles. The van der Waals surface area contributed by atoms with Crippen LogP contribution in [0.2, 0.25) is 0 Å². The molecule has 26 heavy (non-hydrogen) atoms. The molecular weight excluding hydrogens is 349 g/mol. The summed E-state index contributed by atoms with van der Waals surface area (Å²) >= 11 is 1.44. The summed E-state index contributed by atoms with van der Waals surface area (Å²) in [6.45, 7) is 4.43. The second-order valence-corrected chi connectivity index (χ2v) is 7.08. The lowest BCUT2D eigenvalue weighted by Crippen LogP contribution is -2.01. The van der Waals surface area contributed by atoms with Crippen LogP contribution >= 0.6 is 11.3 Å². The molecule has 0 unspecified atom stereocenters. The number of nitrogens with zero attached hydrogens (tertiary/aromatic N) is 1. The Morgan fingerprint density at radius 3 is 2.96 bits per heavy atom. The molecule has 0 aliphatic heterocycles. The molecule has 0 N–H and O–H groups in total. The van der Waals surface area contributed by atoms with Crippen LogP contribution in [-0.2, 0) is 9.53 Å². The van der Waals surface area contributed by atoms with Crippen LogP contribution in [0.25, 0.3) is 26.9 Å². The van der Waals surface area contributed by atoms with E-state index in [1.807, 2.05) is 32.0 Å². The highest BCUT2D eigenvalue weighted by atomic mass is 32.1. The van der Waals surface area contributed by atoms with Crippen LogP contribution in [0.3, 0.4) is 0 Å². The molecule has 134 valence electrons. The van der Waals surface area contributed by atoms with Gasteiger partial charge < -0.3 is 4.74 Å². The smallest absolute Gasteiger partial charge is 0.330 e. The number of hydrogen-bond donors (Lipinski definition) is 0. The number of aryl methyl sites for hydroxylation is 1. The molecule has 3 nitrogen and oxygen atoms in total. The molecule has 3 aromatic rings. The summed E-state index contributed by atoms with van der Waals surface area (Å²) in [5.41, 5.74) is 2.97. The van der Waals surface area contributed by atoms with Crippen molar-refractivity contribution in [2.75, 3.05) is 6.61 Å². The summed E-state index contributed by atoms with van der Waals surface area (Å²) in [6.07, 6.45) is 4.72. The number of hydrogen-bond acceptors (Lipinski definition) is 4. The number of thiazole rings is 1. The first-order valence-corrected chi connectivity index (χ1v) is 9.41. The molecule has 0 atom stereocenters. The van der Waals surface area contributed by atoms with Gasteiger partial charge in [0.2, 0.25) is 0 Å². The summed E-state index contributed by atoms with van der Waals surface area (Å²) in [4.78, 5) is 16.4. The zero-order chi connectivity index (χ0) is 18.5. The van der Waals surface area contributed by atoms with Crippen LogP contribution in [0.4, 0.5) is 4.39 Å². The predicted octanol–water partition coefficient (Wildman–Crippen LogP) is 5.77.